The third kappa shape index (κ3) is 2.20. The predicted octanol–water partition coefficient (Wildman–Crippen LogP) is 3.73. The van der Waals surface area contributed by atoms with Crippen LogP contribution in [0.5, 0.6) is 0 Å². The number of rotatable bonds is 2. The molecule has 1 saturated carbocycles. The average molecular weight is 294 g/mol. The minimum absolute atomic E-state index is 0.375. The number of hydrogen-bond donors (Lipinski definition) is 2. The normalized spacial score (nSPS) is 28.1. The van der Waals surface area contributed by atoms with Gasteiger partial charge in [0.05, 0.1) is 0 Å². The second kappa shape index (κ2) is 5.08. The largest absolute Gasteiger partial charge is 0.381 e. The van der Waals surface area contributed by atoms with Crippen LogP contribution in [0.1, 0.15) is 35.1 Å². The Morgan fingerprint density at radius 2 is 1.05 bits per heavy atom. The molecular weight excluding hydrogens is 272 g/mol. The van der Waals surface area contributed by atoms with Gasteiger partial charge < -0.3 is 10.2 Å². The summed E-state index contributed by atoms with van der Waals surface area (Å²) >= 11 is 0. The third-order valence-corrected chi connectivity index (χ3v) is 4.75. The van der Waals surface area contributed by atoms with Crippen molar-refractivity contribution in [3.63, 3.8) is 0 Å². The molecule has 1 aliphatic rings. The lowest BCUT2D eigenvalue weighted by Crippen LogP contribution is -2.45. The summed E-state index contributed by atoms with van der Waals surface area (Å²) in [5.41, 5.74) is 1.91. The number of hydrogen-bond acceptors (Lipinski definition) is 2. The Morgan fingerprint density at radius 3 is 1.36 bits per heavy atom. The van der Waals surface area contributed by atoms with Crippen molar-refractivity contribution in [1.82, 2.24) is 0 Å². The molecule has 0 aromatic heterocycles. The van der Waals surface area contributed by atoms with Gasteiger partial charge in [0.2, 0.25) is 0 Å². The molecule has 0 amide bonds. The molecule has 2 heteroatoms. The zero-order valence-corrected chi connectivity index (χ0v) is 13.1. The summed E-state index contributed by atoms with van der Waals surface area (Å²) in [4.78, 5) is 0. The Balaban J connectivity index is 2.13. The number of aryl methyl sites for hydroxylation is 2. The monoisotopic (exact) mass is 294 g/mol. The maximum atomic E-state index is 11.4. The smallest absolute Gasteiger partial charge is 0.126 e. The molecule has 0 radical (unpaired) electrons. The Bertz CT molecular complexity index is 638. The highest BCUT2D eigenvalue weighted by Gasteiger charge is 2.56. The van der Waals surface area contributed by atoms with Gasteiger partial charge in [-0.25, -0.2) is 0 Å². The molecule has 22 heavy (non-hydrogen) atoms. The van der Waals surface area contributed by atoms with Crippen LogP contribution in [0, 0.1) is 13.8 Å². The van der Waals surface area contributed by atoms with Crippen LogP contribution in [0.3, 0.4) is 0 Å². The lowest BCUT2D eigenvalue weighted by molar-refractivity contribution is -0.143. The Kier molecular flexibility index (Phi) is 3.47. The van der Waals surface area contributed by atoms with Crippen LogP contribution in [-0.2, 0) is 11.2 Å². The van der Waals surface area contributed by atoms with E-state index >= 15 is 0 Å². The van der Waals surface area contributed by atoms with Crippen molar-refractivity contribution in [2.24, 2.45) is 0 Å². The quantitative estimate of drug-likeness (QED) is 0.829. The van der Waals surface area contributed by atoms with Crippen LogP contribution < -0.4 is 0 Å². The van der Waals surface area contributed by atoms with E-state index in [1.165, 1.54) is 0 Å². The van der Waals surface area contributed by atoms with Crippen LogP contribution in [0.15, 0.2) is 60.7 Å². The van der Waals surface area contributed by atoms with Crippen molar-refractivity contribution in [2.45, 2.75) is 37.9 Å². The maximum absolute atomic E-state index is 11.4. The van der Waals surface area contributed by atoms with E-state index in [4.69, 9.17) is 0 Å². The zero-order chi connectivity index (χ0) is 16.0. The van der Waals surface area contributed by atoms with Crippen molar-refractivity contribution >= 4 is 0 Å². The summed E-state index contributed by atoms with van der Waals surface area (Å²) in [5, 5.41) is 22.7. The molecule has 2 N–H and O–H groups in total. The summed E-state index contributed by atoms with van der Waals surface area (Å²) in [6.45, 7) is 8.03. The van der Waals surface area contributed by atoms with Crippen molar-refractivity contribution in [2.75, 3.05) is 0 Å². The van der Waals surface area contributed by atoms with E-state index in [9.17, 15) is 10.2 Å². The molecule has 0 unspecified atom stereocenters. The molecule has 2 aromatic rings. The van der Waals surface area contributed by atoms with Crippen LogP contribution in [0.25, 0.3) is 0 Å². The highest BCUT2D eigenvalue weighted by Crippen LogP contribution is 2.54. The number of aliphatic hydroxyl groups is 2. The second-order valence-electron chi connectivity index (χ2n) is 6.56. The lowest BCUT2D eigenvalue weighted by atomic mass is 9.75. The van der Waals surface area contributed by atoms with E-state index in [1.807, 2.05) is 62.4 Å². The molecule has 3 rings (SSSR count). The van der Waals surface area contributed by atoms with Crippen LogP contribution in [0.4, 0.5) is 0 Å². The molecule has 1 aliphatic carbocycles. The molecule has 2 nitrogen and oxygen atoms in total. The van der Waals surface area contributed by atoms with Crippen molar-refractivity contribution in [3.05, 3.63) is 82.9 Å². The number of benzene rings is 2. The second-order valence-corrected chi connectivity index (χ2v) is 6.56. The van der Waals surface area contributed by atoms with Crippen LogP contribution in [0.2, 0.25) is 0 Å². The minimum atomic E-state index is -1.34. The maximum Gasteiger partial charge on any atom is 0.126 e. The fraction of sp³-hybridized carbons (Fsp3) is 0.300. The van der Waals surface area contributed by atoms with Gasteiger partial charge in [-0.15, -0.1) is 0 Å². The SMILES string of the molecule is C=C1C[C@@](O)(c2ccc(C)cc2)[C@@](O)(c2ccc(C)cc2)C1. The Morgan fingerprint density at radius 1 is 0.727 bits per heavy atom. The van der Waals surface area contributed by atoms with Gasteiger partial charge in [-0.2, -0.15) is 0 Å². The highest BCUT2D eigenvalue weighted by atomic mass is 16.4. The first kappa shape index (κ1) is 15.0. The third-order valence-electron chi connectivity index (χ3n) is 4.75. The summed E-state index contributed by atoms with van der Waals surface area (Å²) < 4.78 is 0. The van der Waals surface area contributed by atoms with Crippen molar-refractivity contribution in [1.29, 1.82) is 0 Å². The molecule has 0 saturated heterocycles. The van der Waals surface area contributed by atoms with Crippen molar-refractivity contribution in [3.8, 4) is 0 Å². The van der Waals surface area contributed by atoms with E-state index in [1.54, 1.807) is 0 Å². The van der Waals surface area contributed by atoms with Gasteiger partial charge in [0.25, 0.3) is 0 Å². The van der Waals surface area contributed by atoms with Gasteiger partial charge in [0.15, 0.2) is 0 Å². The van der Waals surface area contributed by atoms with Gasteiger partial charge in [0, 0.05) is 12.8 Å². The van der Waals surface area contributed by atoms with E-state index in [2.05, 4.69) is 6.58 Å². The molecule has 2 atom stereocenters. The van der Waals surface area contributed by atoms with E-state index in [0.29, 0.717) is 12.8 Å². The molecule has 1 fully saturated rings. The van der Waals surface area contributed by atoms with Crippen molar-refractivity contribution < 1.29 is 10.2 Å². The lowest BCUT2D eigenvalue weighted by Gasteiger charge is -2.38. The van der Waals surface area contributed by atoms with E-state index in [-0.39, 0.29) is 0 Å². The molecule has 2 aromatic carbocycles. The topological polar surface area (TPSA) is 40.5 Å². The molecular formula is C20H22O2. The molecule has 0 spiro atoms. The van der Waals surface area contributed by atoms with E-state index in [0.717, 1.165) is 27.8 Å². The average Bonchev–Trinajstić information content (AvgIpc) is 2.71. The van der Waals surface area contributed by atoms with Gasteiger partial charge in [-0.3, -0.25) is 0 Å². The van der Waals surface area contributed by atoms with E-state index < -0.39 is 11.2 Å². The molecule has 0 heterocycles. The fourth-order valence-electron chi connectivity index (χ4n) is 3.42. The predicted molar refractivity (Wildman–Crippen MR) is 88.5 cm³/mol. The van der Waals surface area contributed by atoms with Gasteiger partial charge in [-0.1, -0.05) is 71.8 Å². The first-order valence-corrected chi connectivity index (χ1v) is 7.61. The molecule has 0 aliphatic heterocycles. The van der Waals surface area contributed by atoms with Crippen LogP contribution >= 0.6 is 0 Å². The molecule has 0 bridgehead atoms. The standard InChI is InChI=1S/C20H22O2/c1-14-4-8-17(9-5-14)19(21)12-16(3)13-20(19,22)18-10-6-15(2)7-11-18/h4-11,21-22H,3,12-13H2,1-2H3/t19-,20+. The minimum Gasteiger partial charge on any atom is -0.381 e. The Hall–Kier alpha value is -1.90. The van der Waals surface area contributed by atoms with Gasteiger partial charge in [0.1, 0.15) is 11.2 Å². The van der Waals surface area contributed by atoms with Gasteiger partial charge in [-0.05, 0) is 25.0 Å². The molecule has 114 valence electrons. The fourth-order valence-corrected chi connectivity index (χ4v) is 3.42. The first-order chi connectivity index (χ1) is 10.3. The summed E-state index contributed by atoms with van der Waals surface area (Å²) in [6, 6.07) is 15.4. The van der Waals surface area contributed by atoms with Crippen LogP contribution in [-0.4, -0.2) is 10.2 Å². The summed E-state index contributed by atoms with van der Waals surface area (Å²) in [5.74, 6) is 0. The summed E-state index contributed by atoms with van der Waals surface area (Å²) in [7, 11) is 0. The highest BCUT2D eigenvalue weighted by molar-refractivity contribution is 5.41. The summed E-state index contributed by atoms with van der Waals surface area (Å²) in [6.07, 6.45) is 0.751. The Labute approximate surface area is 131 Å². The zero-order valence-electron chi connectivity index (χ0n) is 13.1. The van der Waals surface area contributed by atoms with Gasteiger partial charge >= 0.3 is 0 Å². The first-order valence-electron chi connectivity index (χ1n) is 7.61.